The molecule has 0 saturated carbocycles. The third-order valence-electron chi connectivity index (χ3n) is 5.11. The van der Waals surface area contributed by atoms with Gasteiger partial charge in [0, 0.05) is 18.0 Å². The molecule has 1 unspecified atom stereocenters. The lowest BCUT2D eigenvalue weighted by Crippen LogP contribution is -2.42. The van der Waals surface area contributed by atoms with E-state index in [-0.39, 0.29) is 5.54 Å². The largest absolute Gasteiger partial charge is 0.315 e. The Labute approximate surface area is 144 Å². The van der Waals surface area contributed by atoms with Gasteiger partial charge in [-0.2, -0.15) is 0 Å². The predicted octanol–water partition coefficient (Wildman–Crippen LogP) is 3.36. The molecule has 3 nitrogen and oxygen atoms in total. The Morgan fingerprint density at radius 3 is 2.79 bits per heavy atom. The smallest absolute Gasteiger partial charge is 0.128 e. The zero-order valence-electron chi connectivity index (χ0n) is 14.8. The maximum atomic E-state index is 11.6. The topological polar surface area (TPSA) is 41.1 Å². The molecule has 0 radical (unpaired) electrons. The first-order valence-electron chi connectivity index (χ1n) is 8.82. The molecule has 0 bridgehead atoms. The summed E-state index contributed by atoms with van der Waals surface area (Å²) < 4.78 is 0. The highest BCUT2D eigenvalue weighted by Crippen LogP contribution is 2.52. The van der Waals surface area contributed by atoms with Crippen molar-refractivity contribution in [2.24, 2.45) is 0 Å². The summed E-state index contributed by atoms with van der Waals surface area (Å²) in [7, 11) is 2.00. The number of hydrogen-bond donors (Lipinski definition) is 2. The standard InChI is InChI=1S/C21H26N2O/c1-15(2)23-13-7-12-21(22-3)19-11-5-4-9-17(19)18-10-6-8-16(14-24)20(18)21/h4-6,9-11,15,22-23H,7-8,12-13H2,1-3H3. The fourth-order valence-corrected chi connectivity index (χ4v) is 4.06. The summed E-state index contributed by atoms with van der Waals surface area (Å²) in [6, 6.07) is 9.00. The molecule has 3 rings (SSSR count). The van der Waals surface area contributed by atoms with Gasteiger partial charge >= 0.3 is 0 Å². The molecule has 2 aliphatic rings. The molecule has 0 saturated heterocycles. The van der Waals surface area contributed by atoms with Gasteiger partial charge in [0.2, 0.25) is 0 Å². The number of hydrogen-bond acceptors (Lipinski definition) is 3. The molecule has 2 N–H and O–H groups in total. The van der Waals surface area contributed by atoms with Crippen molar-refractivity contribution < 1.29 is 4.79 Å². The van der Waals surface area contributed by atoms with Gasteiger partial charge in [-0.05, 0) is 48.7 Å². The van der Waals surface area contributed by atoms with Crippen molar-refractivity contribution in [2.45, 2.75) is 44.7 Å². The fraction of sp³-hybridized carbons (Fsp3) is 0.429. The van der Waals surface area contributed by atoms with Gasteiger partial charge in [0.15, 0.2) is 0 Å². The number of carbonyl (C=O) groups excluding carboxylic acids is 1. The van der Waals surface area contributed by atoms with Crippen LogP contribution >= 0.6 is 0 Å². The van der Waals surface area contributed by atoms with Gasteiger partial charge in [-0.1, -0.05) is 50.3 Å². The first-order chi connectivity index (χ1) is 11.6. The monoisotopic (exact) mass is 322 g/mol. The lowest BCUT2D eigenvalue weighted by molar-refractivity contribution is 0.385. The van der Waals surface area contributed by atoms with Gasteiger partial charge in [0.25, 0.3) is 0 Å². The van der Waals surface area contributed by atoms with Crippen LogP contribution in [-0.2, 0) is 10.3 Å². The average molecular weight is 322 g/mol. The second kappa shape index (κ2) is 6.90. The van der Waals surface area contributed by atoms with E-state index in [1.54, 1.807) is 0 Å². The second-order valence-electron chi connectivity index (χ2n) is 6.89. The molecule has 0 fully saturated rings. The van der Waals surface area contributed by atoms with Crippen LogP contribution in [0.15, 0.2) is 47.6 Å². The number of benzene rings is 1. The molecule has 0 spiro atoms. The fourth-order valence-electron chi connectivity index (χ4n) is 4.06. The van der Waals surface area contributed by atoms with Crippen molar-refractivity contribution in [3.8, 4) is 0 Å². The molecule has 0 amide bonds. The van der Waals surface area contributed by atoms with E-state index in [1.165, 1.54) is 16.7 Å². The van der Waals surface area contributed by atoms with Crippen molar-refractivity contribution in [3.05, 3.63) is 58.7 Å². The third-order valence-corrected chi connectivity index (χ3v) is 5.11. The predicted molar refractivity (Wildman–Crippen MR) is 99.4 cm³/mol. The Morgan fingerprint density at radius 2 is 2.08 bits per heavy atom. The molecule has 0 aliphatic heterocycles. The van der Waals surface area contributed by atoms with E-state index < -0.39 is 0 Å². The van der Waals surface area contributed by atoms with E-state index in [0.717, 1.165) is 30.5 Å². The molecule has 0 heterocycles. The number of fused-ring (bicyclic) bond motifs is 2. The molecule has 2 aliphatic carbocycles. The van der Waals surface area contributed by atoms with Crippen LogP contribution in [0.1, 0.15) is 44.2 Å². The minimum atomic E-state index is -0.290. The van der Waals surface area contributed by atoms with Crippen molar-refractivity contribution in [2.75, 3.05) is 13.6 Å². The van der Waals surface area contributed by atoms with Crippen LogP contribution in [0.5, 0.6) is 0 Å². The number of likely N-dealkylation sites (N-methyl/N-ethyl adjacent to an activating group) is 1. The van der Waals surface area contributed by atoms with Crippen LogP contribution in [-0.4, -0.2) is 25.6 Å². The molecule has 126 valence electrons. The van der Waals surface area contributed by atoms with Gasteiger partial charge < -0.3 is 10.6 Å². The van der Waals surface area contributed by atoms with Crippen molar-refractivity contribution in [1.29, 1.82) is 0 Å². The van der Waals surface area contributed by atoms with Gasteiger partial charge in [-0.15, -0.1) is 0 Å². The first kappa shape index (κ1) is 16.9. The minimum absolute atomic E-state index is 0.290. The molecular formula is C21H26N2O. The Balaban J connectivity index is 2.03. The maximum Gasteiger partial charge on any atom is 0.128 e. The van der Waals surface area contributed by atoms with E-state index >= 15 is 0 Å². The van der Waals surface area contributed by atoms with Crippen LogP contribution in [0.25, 0.3) is 5.57 Å². The number of rotatable bonds is 6. The third kappa shape index (κ3) is 2.69. The van der Waals surface area contributed by atoms with E-state index in [4.69, 9.17) is 0 Å². The summed E-state index contributed by atoms with van der Waals surface area (Å²) >= 11 is 0. The Bertz CT molecular complexity index is 738. The summed E-state index contributed by atoms with van der Waals surface area (Å²) in [5.41, 5.74) is 5.33. The summed E-state index contributed by atoms with van der Waals surface area (Å²) in [4.78, 5) is 11.6. The lowest BCUT2D eigenvalue weighted by Gasteiger charge is -2.35. The Hall–Kier alpha value is -1.93. The van der Waals surface area contributed by atoms with Crippen molar-refractivity contribution in [1.82, 2.24) is 10.6 Å². The van der Waals surface area contributed by atoms with Crippen LogP contribution in [0.2, 0.25) is 0 Å². The van der Waals surface area contributed by atoms with E-state index in [9.17, 15) is 4.79 Å². The van der Waals surface area contributed by atoms with Gasteiger partial charge in [-0.3, -0.25) is 0 Å². The maximum absolute atomic E-state index is 11.6. The van der Waals surface area contributed by atoms with Gasteiger partial charge in [0.05, 0.1) is 5.54 Å². The minimum Gasteiger partial charge on any atom is -0.315 e. The molecule has 1 aromatic rings. The van der Waals surface area contributed by atoms with Gasteiger partial charge in [0.1, 0.15) is 5.94 Å². The SMILES string of the molecule is CNC1(CCCNC(C)C)C2=C(C=CCC2=C=O)c2ccccc21. The highest BCUT2D eigenvalue weighted by atomic mass is 16.1. The van der Waals surface area contributed by atoms with Gasteiger partial charge in [-0.25, -0.2) is 4.79 Å². The quantitative estimate of drug-likeness (QED) is 0.623. The van der Waals surface area contributed by atoms with Crippen LogP contribution in [0, 0.1) is 0 Å². The zero-order valence-corrected chi connectivity index (χ0v) is 14.8. The van der Waals surface area contributed by atoms with Crippen molar-refractivity contribution in [3.63, 3.8) is 0 Å². The Kier molecular flexibility index (Phi) is 4.86. The highest BCUT2D eigenvalue weighted by molar-refractivity contribution is 5.92. The normalized spacial score (nSPS) is 21.9. The zero-order chi connectivity index (χ0) is 17.2. The average Bonchev–Trinajstić information content (AvgIpc) is 2.89. The van der Waals surface area contributed by atoms with Crippen LogP contribution in [0.4, 0.5) is 0 Å². The molecular weight excluding hydrogens is 296 g/mol. The molecule has 1 atom stereocenters. The molecule has 24 heavy (non-hydrogen) atoms. The highest BCUT2D eigenvalue weighted by Gasteiger charge is 2.45. The summed E-state index contributed by atoms with van der Waals surface area (Å²) in [5, 5.41) is 7.06. The molecule has 3 heteroatoms. The second-order valence-corrected chi connectivity index (χ2v) is 6.89. The molecule has 1 aromatic carbocycles. The van der Waals surface area contributed by atoms with E-state index in [0.29, 0.717) is 12.5 Å². The van der Waals surface area contributed by atoms with Crippen LogP contribution < -0.4 is 10.6 Å². The summed E-state index contributed by atoms with van der Waals surface area (Å²) in [6.45, 7) is 5.30. The van der Waals surface area contributed by atoms with E-state index in [2.05, 4.69) is 66.8 Å². The number of nitrogens with one attached hydrogen (secondary N) is 2. The summed E-state index contributed by atoms with van der Waals surface area (Å²) in [6.07, 6.45) is 6.91. The lowest BCUT2D eigenvalue weighted by atomic mass is 9.77. The van der Waals surface area contributed by atoms with Crippen molar-refractivity contribution >= 4 is 11.5 Å². The van der Waals surface area contributed by atoms with E-state index in [1.807, 2.05) is 7.05 Å². The summed E-state index contributed by atoms with van der Waals surface area (Å²) in [5.74, 6) is 2.21. The van der Waals surface area contributed by atoms with Crippen LogP contribution in [0.3, 0.4) is 0 Å². The Morgan fingerprint density at radius 1 is 1.29 bits per heavy atom. The number of allylic oxidation sites excluding steroid dienone is 3. The molecule has 0 aromatic heterocycles. The first-order valence-corrected chi connectivity index (χ1v) is 8.82.